The first-order valence-electron chi connectivity index (χ1n) is 6.86. The molecule has 0 bridgehead atoms. The summed E-state index contributed by atoms with van der Waals surface area (Å²) in [6.45, 7) is 6.99. The Kier molecular flexibility index (Phi) is 6.29. The summed E-state index contributed by atoms with van der Waals surface area (Å²) in [6, 6.07) is 3.50. The second-order valence-electron chi connectivity index (χ2n) is 4.85. The van der Waals surface area contributed by atoms with Gasteiger partial charge in [0.1, 0.15) is 5.82 Å². The molecule has 1 rings (SSSR count). The molecule has 0 aliphatic heterocycles. The summed E-state index contributed by atoms with van der Waals surface area (Å²) in [4.78, 5) is 16.4. The highest BCUT2D eigenvalue weighted by atomic mass is 16.1. The number of hydrazine groups is 1. The van der Waals surface area contributed by atoms with Crippen LogP contribution in [0.2, 0.25) is 0 Å². The highest BCUT2D eigenvalue weighted by Crippen LogP contribution is 2.11. The fraction of sp³-hybridized carbons (Fsp3) is 0.571. The minimum Gasteiger partial charge on any atom is -0.352 e. The molecule has 0 saturated carbocycles. The molecule has 19 heavy (non-hydrogen) atoms. The molecule has 0 spiro atoms. The lowest BCUT2D eigenvalue weighted by Gasteiger charge is -2.11. The van der Waals surface area contributed by atoms with Gasteiger partial charge in [0.25, 0.3) is 5.91 Å². The van der Waals surface area contributed by atoms with Crippen LogP contribution in [0.1, 0.15) is 49.7 Å². The molecule has 0 fully saturated rings. The number of nitrogens with zero attached hydrogens (tertiary/aromatic N) is 1. The van der Waals surface area contributed by atoms with Crippen molar-refractivity contribution >= 4 is 11.7 Å². The molecule has 0 aromatic carbocycles. The van der Waals surface area contributed by atoms with Gasteiger partial charge in [0.05, 0.1) is 0 Å². The number of nitrogens with one attached hydrogen (secondary N) is 2. The van der Waals surface area contributed by atoms with Crippen LogP contribution < -0.4 is 16.6 Å². The number of hydrogen-bond acceptors (Lipinski definition) is 4. The average Bonchev–Trinajstić information content (AvgIpc) is 2.44. The number of carbonyl (C=O) groups excluding carboxylic acids is 1. The lowest BCUT2D eigenvalue weighted by Crippen LogP contribution is -2.28. The molecule has 1 aromatic heterocycles. The molecule has 0 aliphatic rings. The Balaban J connectivity index is 2.80. The summed E-state index contributed by atoms with van der Waals surface area (Å²) in [6.07, 6.45) is 2.86. The number of amides is 1. The van der Waals surface area contributed by atoms with Crippen LogP contribution in [0.15, 0.2) is 12.1 Å². The second-order valence-corrected chi connectivity index (χ2v) is 4.85. The van der Waals surface area contributed by atoms with Crippen molar-refractivity contribution in [3.05, 3.63) is 23.4 Å². The Morgan fingerprint density at radius 3 is 2.74 bits per heavy atom. The Morgan fingerprint density at radius 1 is 1.42 bits per heavy atom. The Hall–Kier alpha value is -1.62. The number of hydrogen-bond donors (Lipinski definition) is 3. The molecule has 0 saturated heterocycles. The van der Waals surface area contributed by atoms with Gasteiger partial charge < -0.3 is 10.7 Å². The summed E-state index contributed by atoms with van der Waals surface area (Å²) < 4.78 is 0. The van der Waals surface area contributed by atoms with Gasteiger partial charge in [0.2, 0.25) is 0 Å². The van der Waals surface area contributed by atoms with Gasteiger partial charge in [-0.25, -0.2) is 10.8 Å². The minimum absolute atomic E-state index is 0.0726. The summed E-state index contributed by atoms with van der Waals surface area (Å²) in [5, 5.41) is 2.93. The lowest BCUT2D eigenvalue weighted by molar-refractivity contribution is 0.0947. The molecule has 0 aliphatic carbocycles. The summed E-state index contributed by atoms with van der Waals surface area (Å²) in [7, 11) is 0. The molecule has 1 heterocycles. The number of aromatic nitrogens is 1. The highest BCUT2D eigenvalue weighted by Gasteiger charge is 2.10. The van der Waals surface area contributed by atoms with Crippen molar-refractivity contribution in [3.8, 4) is 0 Å². The molecule has 1 unspecified atom stereocenters. The number of aryl methyl sites for hydroxylation is 1. The predicted molar refractivity (Wildman–Crippen MR) is 77.8 cm³/mol. The Bertz CT molecular complexity index is 420. The van der Waals surface area contributed by atoms with Crippen molar-refractivity contribution in [3.63, 3.8) is 0 Å². The van der Waals surface area contributed by atoms with E-state index in [9.17, 15) is 4.79 Å². The lowest BCUT2D eigenvalue weighted by atomic mass is 10.1. The van der Waals surface area contributed by atoms with E-state index < -0.39 is 0 Å². The summed E-state index contributed by atoms with van der Waals surface area (Å²) in [5.74, 6) is 6.32. The molecule has 1 atom stereocenters. The first-order chi connectivity index (χ1) is 9.10. The van der Waals surface area contributed by atoms with Crippen LogP contribution in [0.25, 0.3) is 0 Å². The second kappa shape index (κ2) is 7.74. The van der Waals surface area contributed by atoms with Gasteiger partial charge in [-0.05, 0) is 24.5 Å². The molecule has 0 radical (unpaired) electrons. The van der Waals surface area contributed by atoms with E-state index in [4.69, 9.17) is 5.84 Å². The molecule has 4 N–H and O–H groups in total. The van der Waals surface area contributed by atoms with Gasteiger partial charge in [-0.1, -0.05) is 33.6 Å². The number of nitrogen functional groups attached to an aromatic ring is 1. The molecule has 5 nitrogen and oxygen atoms in total. The molecule has 1 aromatic rings. The van der Waals surface area contributed by atoms with E-state index in [-0.39, 0.29) is 5.91 Å². The number of anilines is 1. The normalized spacial score (nSPS) is 12.0. The number of pyridine rings is 1. The maximum atomic E-state index is 12.1. The zero-order valence-electron chi connectivity index (χ0n) is 12.0. The number of carbonyl (C=O) groups is 1. The fourth-order valence-electron chi connectivity index (χ4n) is 1.69. The molecular formula is C14H24N4O. The van der Waals surface area contributed by atoms with Crippen LogP contribution in [0.5, 0.6) is 0 Å². The largest absolute Gasteiger partial charge is 0.352 e. The van der Waals surface area contributed by atoms with Crippen molar-refractivity contribution in [1.29, 1.82) is 0 Å². The average molecular weight is 264 g/mol. The summed E-state index contributed by atoms with van der Waals surface area (Å²) >= 11 is 0. The first-order valence-corrected chi connectivity index (χ1v) is 6.86. The number of nitrogens with two attached hydrogens (primary N) is 1. The van der Waals surface area contributed by atoms with Crippen LogP contribution in [0, 0.1) is 5.92 Å². The van der Waals surface area contributed by atoms with E-state index in [0.717, 1.165) is 25.0 Å². The third kappa shape index (κ3) is 4.87. The van der Waals surface area contributed by atoms with E-state index >= 15 is 0 Å². The van der Waals surface area contributed by atoms with Gasteiger partial charge in [-0.2, -0.15) is 0 Å². The standard InChI is InChI=1S/C14H24N4O/c1-4-6-12-7-11(8-13(17-12)18-15)14(19)16-9-10(3)5-2/h7-8,10H,4-6,9,15H2,1-3H3,(H,16,19)(H,17,18). The van der Waals surface area contributed by atoms with E-state index in [0.29, 0.717) is 23.8 Å². The van der Waals surface area contributed by atoms with Crippen LogP contribution in [0.4, 0.5) is 5.82 Å². The van der Waals surface area contributed by atoms with Crippen molar-refractivity contribution in [2.45, 2.75) is 40.0 Å². The van der Waals surface area contributed by atoms with Crippen molar-refractivity contribution in [1.82, 2.24) is 10.3 Å². The van der Waals surface area contributed by atoms with Crippen molar-refractivity contribution in [2.24, 2.45) is 11.8 Å². The summed E-state index contributed by atoms with van der Waals surface area (Å²) in [5.41, 5.74) is 3.99. The fourth-order valence-corrected chi connectivity index (χ4v) is 1.69. The Labute approximate surface area is 115 Å². The topological polar surface area (TPSA) is 80.0 Å². The third-order valence-electron chi connectivity index (χ3n) is 3.10. The molecule has 1 amide bonds. The molecule has 5 heteroatoms. The van der Waals surface area contributed by atoms with Crippen LogP contribution >= 0.6 is 0 Å². The van der Waals surface area contributed by atoms with Gasteiger partial charge in [0.15, 0.2) is 0 Å². The quantitative estimate of drug-likeness (QED) is 0.520. The van der Waals surface area contributed by atoms with Crippen LogP contribution in [-0.2, 0) is 6.42 Å². The van der Waals surface area contributed by atoms with Gasteiger partial charge >= 0.3 is 0 Å². The minimum atomic E-state index is -0.0726. The zero-order valence-corrected chi connectivity index (χ0v) is 12.0. The van der Waals surface area contributed by atoms with E-state index in [1.54, 1.807) is 6.07 Å². The van der Waals surface area contributed by atoms with Crippen molar-refractivity contribution in [2.75, 3.05) is 12.0 Å². The maximum absolute atomic E-state index is 12.1. The molecular weight excluding hydrogens is 240 g/mol. The van der Waals surface area contributed by atoms with Gasteiger partial charge in [-0.3, -0.25) is 4.79 Å². The SMILES string of the molecule is CCCc1cc(C(=O)NCC(C)CC)cc(NN)n1. The van der Waals surface area contributed by atoms with Crippen molar-refractivity contribution < 1.29 is 4.79 Å². The van der Waals surface area contributed by atoms with Gasteiger partial charge in [-0.15, -0.1) is 0 Å². The third-order valence-corrected chi connectivity index (χ3v) is 3.10. The van der Waals surface area contributed by atoms with Crippen LogP contribution in [0.3, 0.4) is 0 Å². The van der Waals surface area contributed by atoms with Crippen LogP contribution in [-0.4, -0.2) is 17.4 Å². The Morgan fingerprint density at radius 2 is 2.16 bits per heavy atom. The highest BCUT2D eigenvalue weighted by molar-refractivity contribution is 5.95. The maximum Gasteiger partial charge on any atom is 0.251 e. The monoisotopic (exact) mass is 264 g/mol. The van der Waals surface area contributed by atoms with Gasteiger partial charge in [0, 0.05) is 17.8 Å². The molecule has 106 valence electrons. The predicted octanol–water partition coefficient (Wildman–Crippen LogP) is 2.10. The van der Waals surface area contributed by atoms with E-state index in [2.05, 4.69) is 36.5 Å². The smallest absolute Gasteiger partial charge is 0.251 e. The van der Waals surface area contributed by atoms with E-state index in [1.807, 2.05) is 6.07 Å². The number of rotatable bonds is 7. The van der Waals surface area contributed by atoms with E-state index in [1.165, 1.54) is 0 Å². The first kappa shape index (κ1) is 15.4. The zero-order chi connectivity index (χ0) is 14.3.